The maximum Gasteiger partial charge on any atom is 0.338 e. The molecule has 0 atom stereocenters. The molecule has 0 saturated heterocycles. The lowest BCUT2D eigenvalue weighted by Gasteiger charge is -2.06. The molecule has 0 spiro atoms. The summed E-state index contributed by atoms with van der Waals surface area (Å²) in [5.41, 5.74) is 0.372. The van der Waals surface area contributed by atoms with E-state index in [0.717, 1.165) is 0 Å². The van der Waals surface area contributed by atoms with E-state index in [4.69, 9.17) is 9.84 Å². The Morgan fingerprint density at radius 3 is 2.63 bits per heavy atom. The fraction of sp³-hybridized carbons (Fsp3) is 0.0769. The first kappa shape index (κ1) is 13.1. The van der Waals surface area contributed by atoms with Crippen molar-refractivity contribution < 1.29 is 19.4 Å². The van der Waals surface area contributed by atoms with Crippen LogP contribution in [0.15, 0.2) is 41.1 Å². The van der Waals surface area contributed by atoms with Gasteiger partial charge in [-0.3, -0.25) is 4.79 Å². The van der Waals surface area contributed by atoms with Gasteiger partial charge in [0, 0.05) is 10.8 Å². The summed E-state index contributed by atoms with van der Waals surface area (Å²) in [4.78, 5) is 22.5. The van der Waals surface area contributed by atoms with Gasteiger partial charge in [0.1, 0.15) is 5.75 Å². The van der Waals surface area contributed by atoms with Crippen molar-refractivity contribution in [1.82, 2.24) is 0 Å². The van der Waals surface area contributed by atoms with Crippen molar-refractivity contribution in [3.8, 4) is 5.75 Å². The zero-order valence-electron chi connectivity index (χ0n) is 9.83. The number of para-hydroxylation sites is 1. The fourth-order valence-corrected chi connectivity index (χ4v) is 2.17. The molecule has 1 amide bonds. The molecule has 5 nitrogen and oxygen atoms in total. The molecule has 2 N–H and O–H groups in total. The first-order chi connectivity index (χ1) is 9.16. The number of hydrogen-bond donors (Lipinski definition) is 2. The van der Waals surface area contributed by atoms with E-state index in [-0.39, 0.29) is 12.2 Å². The van der Waals surface area contributed by atoms with E-state index in [1.807, 2.05) is 6.07 Å². The molecule has 0 bridgehead atoms. The number of benzene rings is 1. The number of aromatic carboxylic acids is 1. The number of carboxylic acid groups (broad SMARTS) is 1. The minimum Gasteiger partial charge on any atom is -0.484 e. The van der Waals surface area contributed by atoms with E-state index in [1.165, 1.54) is 16.7 Å². The monoisotopic (exact) mass is 277 g/mol. The second kappa shape index (κ2) is 6.01. The Kier molecular flexibility index (Phi) is 4.15. The number of nitrogens with one attached hydrogen (secondary N) is 1. The Morgan fingerprint density at radius 1 is 1.21 bits per heavy atom. The molecule has 1 aromatic carbocycles. The Balaban J connectivity index is 1.91. The zero-order chi connectivity index (χ0) is 13.7. The van der Waals surface area contributed by atoms with Crippen LogP contribution in [0.1, 0.15) is 10.4 Å². The smallest absolute Gasteiger partial charge is 0.338 e. The number of carbonyl (C=O) groups is 2. The van der Waals surface area contributed by atoms with Gasteiger partial charge in [0.2, 0.25) is 0 Å². The number of amides is 1. The van der Waals surface area contributed by atoms with Crippen LogP contribution in [0.5, 0.6) is 5.75 Å². The molecular formula is C13H11NO4S. The fourth-order valence-electron chi connectivity index (χ4n) is 1.41. The van der Waals surface area contributed by atoms with Crippen molar-refractivity contribution in [2.75, 3.05) is 11.9 Å². The van der Waals surface area contributed by atoms with Crippen LogP contribution >= 0.6 is 11.3 Å². The average molecular weight is 277 g/mol. The summed E-state index contributed by atoms with van der Waals surface area (Å²) in [6, 6.07) is 8.92. The lowest BCUT2D eigenvalue weighted by molar-refractivity contribution is -0.118. The lowest BCUT2D eigenvalue weighted by Crippen LogP contribution is -2.20. The Morgan fingerprint density at radius 2 is 1.95 bits per heavy atom. The van der Waals surface area contributed by atoms with Gasteiger partial charge >= 0.3 is 5.97 Å². The third kappa shape index (κ3) is 3.56. The van der Waals surface area contributed by atoms with E-state index in [9.17, 15) is 9.59 Å². The van der Waals surface area contributed by atoms with Crippen LogP contribution in [0.3, 0.4) is 0 Å². The number of carboxylic acids is 1. The average Bonchev–Trinajstić information content (AvgIpc) is 2.86. The summed E-state index contributed by atoms with van der Waals surface area (Å²) < 4.78 is 5.26. The van der Waals surface area contributed by atoms with Crippen molar-refractivity contribution in [2.24, 2.45) is 0 Å². The predicted octanol–water partition coefficient (Wildman–Crippen LogP) is 2.46. The minimum absolute atomic E-state index is 0.0815. The summed E-state index contributed by atoms with van der Waals surface area (Å²) in [6.07, 6.45) is 0. The van der Waals surface area contributed by atoms with Gasteiger partial charge in [-0.05, 0) is 12.1 Å². The molecule has 0 saturated carbocycles. The maximum atomic E-state index is 11.6. The van der Waals surface area contributed by atoms with Gasteiger partial charge in [-0.2, -0.15) is 0 Å². The first-order valence-corrected chi connectivity index (χ1v) is 6.38. The van der Waals surface area contributed by atoms with E-state index in [0.29, 0.717) is 11.4 Å². The van der Waals surface area contributed by atoms with Gasteiger partial charge < -0.3 is 15.2 Å². The van der Waals surface area contributed by atoms with E-state index >= 15 is 0 Å². The number of hydrogen-bond acceptors (Lipinski definition) is 4. The van der Waals surface area contributed by atoms with Gasteiger partial charge in [0.05, 0.1) is 11.3 Å². The van der Waals surface area contributed by atoms with Crippen molar-refractivity contribution in [1.29, 1.82) is 0 Å². The van der Waals surface area contributed by atoms with Gasteiger partial charge in [0.15, 0.2) is 6.61 Å². The van der Waals surface area contributed by atoms with Gasteiger partial charge in [0.25, 0.3) is 5.91 Å². The van der Waals surface area contributed by atoms with Crippen molar-refractivity contribution in [3.63, 3.8) is 0 Å². The molecule has 0 aliphatic heterocycles. The predicted molar refractivity (Wildman–Crippen MR) is 71.8 cm³/mol. The van der Waals surface area contributed by atoms with Gasteiger partial charge in [-0.25, -0.2) is 4.79 Å². The van der Waals surface area contributed by atoms with E-state index in [2.05, 4.69) is 5.32 Å². The quantitative estimate of drug-likeness (QED) is 0.880. The Bertz CT molecular complexity index is 579. The van der Waals surface area contributed by atoms with Crippen LogP contribution in [0.4, 0.5) is 5.69 Å². The molecule has 2 aromatic rings. The molecule has 0 aliphatic rings. The summed E-state index contributed by atoms with van der Waals surface area (Å²) in [5.74, 6) is -0.883. The molecule has 0 radical (unpaired) electrons. The Hall–Kier alpha value is -2.34. The van der Waals surface area contributed by atoms with Crippen molar-refractivity contribution in [3.05, 3.63) is 46.7 Å². The minimum atomic E-state index is -1.07. The molecule has 19 heavy (non-hydrogen) atoms. The standard InChI is InChI=1S/C13H11NO4S/c15-12(6-18-9-4-2-1-3-5-9)14-11-8-19-7-10(11)13(16)17/h1-5,7-8H,6H2,(H,14,15)(H,16,17). The summed E-state index contributed by atoms with van der Waals surface area (Å²) in [6.45, 7) is -0.168. The summed E-state index contributed by atoms with van der Waals surface area (Å²) >= 11 is 1.21. The number of anilines is 1. The summed E-state index contributed by atoms with van der Waals surface area (Å²) in [5, 5.41) is 14.4. The molecule has 1 aromatic heterocycles. The highest BCUT2D eigenvalue weighted by Crippen LogP contribution is 2.20. The molecular weight excluding hydrogens is 266 g/mol. The van der Waals surface area contributed by atoms with Crippen LogP contribution < -0.4 is 10.1 Å². The highest BCUT2D eigenvalue weighted by molar-refractivity contribution is 7.08. The number of thiophene rings is 1. The van der Waals surface area contributed by atoms with Gasteiger partial charge in [-0.15, -0.1) is 11.3 Å². The Labute approximate surface area is 113 Å². The number of carbonyl (C=O) groups excluding carboxylic acids is 1. The molecule has 0 unspecified atom stereocenters. The first-order valence-electron chi connectivity index (χ1n) is 5.44. The normalized spacial score (nSPS) is 9.89. The van der Waals surface area contributed by atoms with E-state index < -0.39 is 11.9 Å². The van der Waals surface area contributed by atoms with Crippen LogP contribution in [0, 0.1) is 0 Å². The highest BCUT2D eigenvalue weighted by atomic mass is 32.1. The van der Waals surface area contributed by atoms with Crippen LogP contribution in [0.2, 0.25) is 0 Å². The van der Waals surface area contributed by atoms with Crippen LogP contribution in [0.25, 0.3) is 0 Å². The third-order valence-corrected chi connectivity index (χ3v) is 3.02. The molecule has 0 fully saturated rings. The molecule has 6 heteroatoms. The zero-order valence-corrected chi connectivity index (χ0v) is 10.6. The summed E-state index contributed by atoms with van der Waals surface area (Å²) in [7, 11) is 0. The second-order valence-corrected chi connectivity index (χ2v) is 4.40. The van der Waals surface area contributed by atoms with Crippen LogP contribution in [-0.2, 0) is 4.79 Å². The third-order valence-electron chi connectivity index (χ3n) is 2.28. The second-order valence-electron chi connectivity index (χ2n) is 3.65. The SMILES string of the molecule is O=C(COc1ccccc1)Nc1cscc1C(=O)O. The number of ether oxygens (including phenoxy) is 1. The molecule has 2 rings (SSSR count). The lowest BCUT2D eigenvalue weighted by atomic mass is 10.3. The molecule has 0 aliphatic carbocycles. The van der Waals surface area contributed by atoms with E-state index in [1.54, 1.807) is 29.6 Å². The van der Waals surface area contributed by atoms with Crippen molar-refractivity contribution >= 4 is 28.9 Å². The largest absolute Gasteiger partial charge is 0.484 e. The molecule has 98 valence electrons. The topological polar surface area (TPSA) is 75.6 Å². The van der Waals surface area contributed by atoms with Crippen molar-refractivity contribution in [2.45, 2.75) is 0 Å². The highest BCUT2D eigenvalue weighted by Gasteiger charge is 2.13. The molecule has 1 heterocycles. The van der Waals surface area contributed by atoms with Gasteiger partial charge in [-0.1, -0.05) is 18.2 Å². The number of rotatable bonds is 5. The maximum absolute atomic E-state index is 11.6. The van der Waals surface area contributed by atoms with Crippen LogP contribution in [-0.4, -0.2) is 23.6 Å².